The highest BCUT2D eigenvalue weighted by Crippen LogP contribution is 2.20. The lowest BCUT2D eigenvalue weighted by molar-refractivity contribution is -0.142. The number of phenols is 1. The van der Waals surface area contributed by atoms with Crippen LogP contribution in [0.25, 0.3) is 0 Å². The maximum absolute atomic E-state index is 13.8. The molecule has 8 amide bonds. The number of carboxylic acids is 3. The molecule has 71 heavy (non-hydrogen) atoms. The molecule has 0 saturated carbocycles. The predicted molar refractivity (Wildman–Crippen MR) is 255 cm³/mol. The molecule has 0 bridgehead atoms. The van der Waals surface area contributed by atoms with E-state index in [9.17, 15) is 68.1 Å². The van der Waals surface area contributed by atoms with Gasteiger partial charge in [0.1, 0.15) is 42.0 Å². The Morgan fingerprint density at radius 3 is 1.79 bits per heavy atom. The van der Waals surface area contributed by atoms with Crippen molar-refractivity contribution in [3.63, 3.8) is 0 Å². The van der Waals surface area contributed by atoms with Gasteiger partial charge in [-0.3, -0.25) is 47.9 Å². The first-order chi connectivity index (χ1) is 33.6. The smallest absolute Gasteiger partial charge is 0.326 e. The van der Waals surface area contributed by atoms with Crippen LogP contribution in [-0.4, -0.2) is 158 Å². The number of amides is 8. The Bertz CT molecular complexity index is 2220. The van der Waals surface area contributed by atoms with E-state index in [1.807, 2.05) is 0 Å². The lowest BCUT2D eigenvalue weighted by atomic mass is 10.0. The van der Waals surface area contributed by atoms with Crippen molar-refractivity contribution in [1.29, 1.82) is 0 Å². The number of nitrogens with zero attached hydrogens (tertiary/aromatic N) is 1. The number of carbonyl (C=O) groups is 11. The summed E-state index contributed by atoms with van der Waals surface area (Å²) < 4.78 is 0. The van der Waals surface area contributed by atoms with E-state index < -0.39 is 140 Å². The van der Waals surface area contributed by atoms with E-state index in [-0.39, 0.29) is 56.1 Å². The number of rotatable bonds is 29. The first-order valence-corrected chi connectivity index (χ1v) is 23.4. The van der Waals surface area contributed by atoms with Crippen LogP contribution in [0.1, 0.15) is 69.9 Å². The summed E-state index contributed by atoms with van der Waals surface area (Å²) in [6.45, 7) is 2.20. The molecule has 0 spiro atoms. The number of likely N-dealkylation sites (tertiary alicyclic amines) is 1. The summed E-state index contributed by atoms with van der Waals surface area (Å²) in [5.41, 5.74) is 7.00. The molecule has 1 saturated heterocycles. The molecule has 0 aliphatic carbocycles. The van der Waals surface area contributed by atoms with Gasteiger partial charge in [-0.25, -0.2) is 4.79 Å². The molecule has 1 aliphatic rings. The highest BCUT2D eigenvalue weighted by atomic mass is 32.1. The third kappa shape index (κ3) is 20.3. The van der Waals surface area contributed by atoms with E-state index in [1.54, 1.807) is 44.2 Å². The zero-order valence-electron chi connectivity index (χ0n) is 39.3. The van der Waals surface area contributed by atoms with Crippen molar-refractivity contribution in [3.05, 3.63) is 65.7 Å². The molecule has 1 aliphatic heterocycles. The average Bonchev–Trinajstić information content (AvgIpc) is 3.82. The second-order valence-electron chi connectivity index (χ2n) is 17.2. The Hall–Kier alpha value is -7.28. The summed E-state index contributed by atoms with van der Waals surface area (Å²) in [5, 5.41) is 54.8. The maximum Gasteiger partial charge on any atom is 0.326 e. The first kappa shape index (κ1) is 58.0. The summed E-state index contributed by atoms with van der Waals surface area (Å²) in [4.78, 5) is 142. The molecule has 2 aromatic carbocycles. The molecule has 0 aromatic heterocycles. The number of hydrogen-bond acceptors (Lipinski definition) is 14. The van der Waals surface area contributed by atoms with Crippen LogP contribution in [0.3, 0.4) is 0 Å². The van der Waals surface area contributed by atoms with Crippen LogP contribution in [0.4, 0.5) is 0 Å². The van der Waals surface area contributed by atoms with Crippen molar-refractivity contribution in [1.82, 2.24) is 42.1 Å². The minimum Gasteiger partial charge on any atom is -0.508 e. The molecule has 0 unspecified atom stereocenters. The minimum absolute atomic E-state index is 0.0515. The average molecular weight is 1010 g/mol. The predicted octanol–water partition coefficient (Wildman–Crippen LogP) is -2.06. The summed E-state index contributed by atoms with van der Waals surface area (Å²) >= 11 is 4.24. The topological polar surface area (TPSA) is 382 Å². The largest absolute Gasteiger partial charge is 0.508 e. The van der Waals surface area contributed by atoms with Crippen molar-refractivity contribution in [2.24, 2.45) is 11.7 Å². The van der Waals surface area contributed by atoms with Crippen LogP contribution in [0.2, 0.25) is 0 Å². The second kappa shape index (κ2) is 29.0. The zero-order valence-corrected chi connectivity index (χ0v) is 40.2. The maximum atomic E-state index is 13.8. The van der Waals surface area contributed by atoms with Gasteiger partial charge < -0.3 is 68.3 Å². The molecular weight excluding hydrogens is 951 g/mol. The van der Waals surface area contributed by atoms with E-state index in [0.29, 0.717) is 17.5 Å². The molecule has 7 atom stereocenters. The summed E-state index contributed by atoms with van der Waals surface area (Å²) in [6.07, 6.45) is -1.21. The van der Waals surface area contributed by atoms with E-state index in [2.05, 4.69) is 49.8 Å². The number of nitrogens with one attached hydrogen (secondary N) is 7. The number of aromatic hydroxyl groups is 1. The number of nitrogens with two attached hydrogens (primary N) is 1. The van der Waals surface area contributed by atoms with Gasteiger partial charge in [-0.05, 0) is 61.3 Å². The van der Waals surface area contributed by atoms with Gasteiger partial charge in [0.2, 0.25) is 47.3 Å². The second-order valence-corrected chi connectivity index (χ2v) is 17.6. The van der Waals surface area contributed by atoms with Crippen LogP contribution in [-0.2, 0) is 65.6 Å². The van der Waals surface area contributed by atoms with Crippen molar-refractivity contribution in [3.8, 4) is 5.75 Å². The van der Waals surface area contributed by atoms with Crippen LogP contribution < -0.4 is 43.0 Å². The van der Waals surface area contributed by atoms with E-state index in [1.165, 1.54) is 29.2 Å². The van der Waals surface area contributed by atoms with E-state index in [0.717, 1.165) is 0 Å². The van der Waals surface area contributed by atoms with Crippen molar-refractivity contribution >= 4 is 77.8 Å². The summed E-state index contributed by atoms with van der Waals surface area (Å²) in [7, 11) is 0. The lowest BCUT2D eigenvalue weighted by Crippen LogP contribution is -2.59. The lowest BCUT2D eigenvalue weighted by Gasteiger charge is -2.29. The number of carboxylic acid groups (broad SMARTS) is 3. The number of phenolic OH excluding ortho intramolecular Hbond substituents is 1. The quantitative estimate of drug-likeness (QED) is 0.0390. The number of hydrogen-bond donors (Lipinski definition) is 13. The van der Waals surface area contributed by atoms with Crippen molar-refractivity contribution in [2.45, 2.75) is 114 Å². The number of benzene rings is 2. The van der Waals surface area contributed by atoms with Crippen LogP contribution in [0.15, 0.2) is 54.6 Å². The minimum atomic E-state index is -1.51. The SMILES string of the molecule is CC(C)C[C@H](NC(=O)[C@H](CCC(=O)O)NC(=O)CNC(=O)CNC(=O)[C@@H]1CCCN1C(=O)[C@H](CS)NC(=O)[C@H](Cc1ccc(O)cc1)NC(=O)[C@@H](N)CCC(=O)O)C(=O)N[C@@H](Cc1ccccc1)C(=O)O. The third-order valence-electron chi connectivity index (χ3n) is 11.1. The Morgan fingerprint density at radius 1 is 0.648 bits per heavy atom. The highest BCUT2D eigenvalue weighted by Gasteiger charge is 2.38. The van der Waals surface area contributed by atoms with Gasteiger partial charge >= 0.3 is 17.9 Å². The van der Waals surface area contributed by atoms with Gasteiger partial charge in [-0.2, -0.15) is 12.6 Å². The van der Waals surface area contributed by atoms with Crippen LogP contribution in [0, 0.1) is 5.92 Å². The van der Waals surface area contributed by atoms with Gasteiger partial charge in [0.25, 0.3) is 0 Å². The molecule has 2 aromatic rings. The van der Waals surface area contributed by atoms with Crippen molar-refractivity contribution in [2.75, 3.05) is 25.4 Å². The van der Waals surface area contributed by atoms with Gasteiger partial charge in [0.15, 0.2) is 0 Å². The third-order valence-corrected chi connectivity index (χ3v) is 11.4. The van der Waals surface area contributed by atoms with Gasteiger partial charge in [-0.15, -0.1) is 0 Å². The van der Waals surface area contributed by atoms with E-state index >= 15 is 0 Å². The van der Waals surface area contributed by atoms with Crippen LogP contribution >= 0.6 is 12.6 Å². The highest BCUT2D eigenvalue weighted by molar-refractivity contribution is 7.80. The van der Waals surface area contributed by atoms with Crippen LogP contribution in [0.5, 0.6) is 5.75 Å². The molecule has 3 rings (SSSR count). The van der Waals surface area contributed by atoms with Gasteiger partial charge in [0, 0.05) is 38.0 Å². The monoisotopic (exact) mass is 1010 g/mol. The van der Waals surface area contributed by atoms with E-state index in [4.69, 9.17) is 10.8 Å². The summed E-state index contributed by atoms with van der Waals surface area (Å²) in [6, 6.07) is 5.12. The number of aliphatic carboxylic acids is 3. The molecule has 0 radical (unpaired) electrons. The molecule has 388 valence electrons. The molecule has 13 N–H and O–H groups in total. The molecule has 25 heteroatoms. The normalized spacial score (nSPS) is 15.6. The first-order valence-electron chi connectivity index (χ1n) is 22.8. The molecule has 24 nitrogen and oxygen atoms in total. The molecular formula is C46H63N9O15S. The zero-order chi connectivity index (χ0) is 52.8. The fourth-order valence-corrected chi connectivity index (χ4v) is 7.58. The standard InChI is InChI=1S/C46H63N9O15S/c1-25(2)19-31(42(65)53-33(46(69)70)21-26-7-4-3-5-8-26)52-41(64)30(15-17-39(61)62)50-37(58)23-48-36(57)22-49-44(67)35-9-6-18-55(35)45(68)34(24-71)54-43(66)32(20-27-10-12-28(56)13-11-27)51-40(63)29(47)14-16-38(59)60/h3-5,7-8,10-13,25,29-35,56,71H,6,9,14-24,47H2,1-2H3,(H,48,57)(H,49,67)(H,50,58)(H,51,63)(H,52,64)(H,53,65)(H,54,66)(H,59,60)(H,61,62)(H,69,70)/t29-,30-,31-,32-,33-,34-,35-/m0/s1. The summed E-state index contributed by atoms with van der Waals surface area (Å²) in [5.74, 6) is -11.0. The Balaban J connectivity index is 1.60. The Labute approximate surface area is 414 Å². The fraction of sp³-hybridized carbons (Fsp3) is 0.500. The number of carbonyl (C=O) groups excluding carboxylic acids is 8. The van der Waals surface area contributed by atoms with Gasteiger partial charge in [0.05, 0.1) is 19.1 Å². The number of thiol groups is 1. The van der Waals surface area contributed by atoms with Gasteiger partial charge in [-0.1, -0.05) is 56.3 Å². The van der Waals surface area contributed by atoms with Crippen molar-refractivity contribution < 1.29 is 73.2 Å². The Morgan fingerprint density at radius 2 is 1.18 bits per heavy atom. The Kier molecular flexibility index (Phi) is 23.7. The molecule has 1 fully saturated rings. The molecule has 1 heterocycles. The fourth-order valence-electron chi connectivity index (χ4n) is 7.33.